The molecule has 45 heavy (non-hydrogen) atoms. The quantitative estimate of drug-likeness (QED) is 0.208. The molecule has 1 aromatic carbocycles. The number of rotatable bonds is 8. The summed E-state index contributed by atoms with van der Waals surface area (Å²) >= 11 is 0. The lowest BCUT2D eigenvalue weighted by atomic mass is 9.86. The van der Waals surface area contributed by atoms with Gasteiger partial charge in [-0.1, -0.05) is 38.1 Å². The maximum atomic E-state index is 12.5. The number of aliphatic hydroxyl groups is 1. The fourth-order valence-electron chi connectivity index (χ4n) is 4.33. The summed E-state index contributed by atoms with van der Waals surface area (Å²) in [5.74, 6) is 1.06. The van der Waals surface area contributed by atoms with Crippen LogP contribution >= 0.6 is 0 Å². The minimum Gasteiger partial charge on any atom is -0.460 e. The van der Waals surface area contributed by atoms with Gasteiger partial charge in [0.05, 0.1) is 0 Å². The smallest absolute Gasteiger partial charge is 0.435 e. The Bertz CT molecular complexity index is 1290. The zero-order valence-corrected chi connectivity index (χ0v) is 26.3. The molecule has 0 aliphatic heterocycles. The van der Waals surface area contributed by atoms with Crippen molar-refractivity contribution in [3.8, 4) is 17.1 Å². The lowest BCUT2D eigenvalue weighted by Gasteiger charge is -2.27. The number of anilines is 1. The first kappa shape index (κ1) is 40.4. The molecule has 0 spiro atoms. The Morgan fingerprint density at radius 3 is 2.04 bits per heavy atom. The molecule has 0 atom stereocenters. The summed E-state index contributed by atoms with van der Waals surface area (Å²) in [5, 5.41) is 13.5. The van der Waals surface area contributed by atoms with Gasteiger partial charge < -0.3 is 24.7 Å². The van der Waals surface area contributed by atoms with Gasteiger partial charge in [-0.25, -0.2) is 19.6 Å². The van der Waals surface area contributed by atoms with Crippen molar-refractivity contribution in [1.29, 1.82) is 0 Å². The highest BCUT2D eigenvalue weighted by molar-refractivity contribution is 5.64. The largest absolute Gasteiger partial charge is 0.460 e. The van der Waals surface area contributed by atoms with Crippen LogP contribution in [0.1, 0.15) is 50.3 Å². The lowest BCUT2D eigenvalue weighted by molar-refractivity contribution is -0.141. The maximum Gasteiger partial charge on any atom is 0.435 e. The van der Waals surface area contributed by atoms with Crippen LogP contribution in [0.3, 0.4) is 0 Å². The van der Waals surface area contributed by atoms with Gasteiger partial charge in [-0.05, 0) is 69.0 Å². The first-order valence-electron chi connectivity index (χ1n) is 13.9. The molecule has 2 heterocycles. The second-order valence-corrected chi connectivity index (χ2v) is 9.27. The van der Waals surface area contributed by atoms with Crippen molar-refractivity contribution in [3.05, 3.63) is 72.8 Å². The average molecular weight is 633 g/mol. The van der Waals surface area contributed by atoms with E-state index in [9.17, 15) is 13.2 Å². The normalized spacial score (nSPS) is 15.5. The molecule has 10 nitrogen and oxygen atoms in total. The van der Waals surface area contributed by atoms with Crippen LogP contribution < -0.4 is 10.1 Å². The van der Waals surface area contributed by atoms with Crippen LogP contribution in [-0.4, -0.2) is 65.4 Å². The molecule has 246 valence electrons. The summed E-state index contributed by atoms with van der Waals surface area (Å²) in [4.78, 5) is 28.3. The molecule has 0 amide bonds. The van der Waals surface area contributed by atoms with Gasteiger partial charge in [0, 0.05) is 49.6 Å². The van der Waals surface area contributed by atoms with E-state index >= 15 is 0 Å². The molecular weight excluding hydrogens is 589 g/mol. The number of halogens is 3. The highest BCUT2D eigenvalue weighted by atomic mass is 19.4. The van der Waals surface area contributed by atoms with Gasteiger partial charge in [-0.15, -0.1) is 0 Å². The number of allylic oxidation sites excluding steroid dienone is 2. The number of aryl methyl sites for hydroxylation is 1. The number of alkyl halides is 3. The summed E-state index contributed by atoms with van der Waals surface area (Å²) in [6.45, 7) is 14.3. The Morgan fingerprint density at radius 2 is 1.62 bits per heavy atom. The van der Waals surface area contributed by atoms with Crippen molar-refractivity contribution in [2.24, 2.45) is 10.9 Å². The van der Waals surface area contributed by atoms with Crippen LogP contribution in [0.5, 0.6) is 6.01 Å². The first-order valence-corrected chi connectivity index (χ1v) is 13.9. The number of aliphatic imine (C=N–C) groups is 1. The van der Waals surface area contributed by atoms with Crippen molar-refractivity contribution in [2.75, 3.05) is 19.5 Å². The molecule has 0 unspecified atom stereocenters. The molecule has 0 radical (unpaired) electrons. The van der Waals surface area contributed by atoms with E-state index in [4.69, 9.17) is 19.4 Å². The number of nitrogens with zero attached hydrogens (tertiary/aromatic N) is 5. The molecule has 1 aliphatic carbocycles. The highest BCUT2D eigenvalue weighted by Gasteiger charge is 2.36. The predicted octanol–water partition coefficient (Wildman–Crippen LogP) is 6.67. The van der Waals surface area contributed by atoms with Crippen molar-refractivity contribution < 1.29 is 32.6 Å². The highest BCUT2D eigenvalue weighted by Crippen LogP contribution is 2.31. The number of hydrogen-bond acceptors (Lipinski definition) is 9. The molecule has 4 rings (SSSR count). The summed E-state index contributed by atoms with van der Waals surface area (Å²) in [7, 11) is 2.91. The zero-order valence-electron chi connectivity index (χ0n) is 26.3. The van der Waals surface area contributed by atoms with E-state index < -0.39 is 11.9 Å². The number of benzene rings is 1. The van der Waals surface area contributed by atoms with E-state index in [1.807, 2.05) is 45.2 Å². The number of ether oxygens (including phenoxy) is 1. The van der Waals surface area contributed by atoms with Crippen molar-refractivity contribution in [3.63, 3.8) is 0 Å². The van der Waals surface area contributed by atoms with Gasteiger partial charge >= 0.3 is 12.2 Å². The third kappa shape index (κ3) is 13.3. The molecule has 1 fully saturated rings. The minimum atomic E-state index is -4.46. The van der Waals surface area contributed by atoms with Gasteiger partial charge in [-0.3, -0.25) is 0 Å². The third-order valence-corrected chi connectivity index (χ3v) is 6.61. The second-order valence-electron chi connectivity index (χ2n) is 9.27. The standard InChI is InChI=1S/C19H25N3O.C10H10F3N3.CH4O.2CH2O/c1-3-14-4-10-18(11-5-14)23-19-21-12-16(13-22-19)15-6-8-17(20-2)9-7-15;1-4-5-8(14-3)16-6-7(2)9(15-16)10(11,12)13;3*1-2/h6-9,12-14,18,20H,3-5,10-11H2,1-2H3;4-6H,1,3H2,2H3;2H,1H3;2*1H2/b;8-5+;;;. The van der Waals surface area contributed by atoms with Crippen molar-refractivity contribution >= 4 is 31.8 Å². The molecule has 0 saturated heterocycles. The Morgan fingerprint density at radius 1 is 1.07 bits per heavy atom. The van der Waals surface area contributed by atoms with Gasteiger partial charge in [0.1, 0.15) is 19.7 Å². The maximum absolute atomic E-state index is 12.5. The first-order chi connectivity index (χ1) is 21.7. The molecule has 1 saturated carbocycles. The van der Waals surface area contributed by atoms with E-state index in [2.05, 4.69) is 57.7 Å². The average Bonchev–Trinajstić information content (AvgIpc) is 3.49. The monoisotopic (exact) mass is 632 g/mol. The van der Waals surface area contributed by atoms with Gasteiger partial charge in [0.25, 0.3) is 0 Å². The number of aliphatic hydroxyl groups excluding tert-OH is 1. The summed E-state index contributed by atoms with van der Waals surface area (Å²) in [6.07, 6.45) is 9.60. The molecular formula is C32H43F3N6O4. The summed E-state index contributed by atoms with van der Waals surface area (Å²) < 4.78 is 44.3. The van der Waals surface area contributed by atoms with Crippen LogP contribution in [0.4, 0.5) is 18.9 Å². The van der Waals surface area contributed by atoms with E-state index in [1.54, 1.807) is 0 Å². The van der Waals surface area contributed by atoms with Crippen LogP contribution in [0.15, 0.2) is 66.6 Å². The number of nitrogens with one attached hydrogen (secondary N) is 1. The fraction of sp³-hybridized carbons (Fsp3) is 0.375. The van der Waals surface area contributed by atoms with Gasteiger partial charge in [-0.2, -0.15) is 18.3 Å². The number of hydrogen-bond donors (Lipinski definition) is 2. The van der Waals surface area contributed by atoms with Gasteiger partial charge in [0.2, 0.25) is 0 Å². The molecule has 13 heteroatoms. The molecule has 3 aromatic rings. The second kappa shape index (κ2) is 21.9. The van der Waals surface area contributed by atoms with Crippen LogP contribution in [0.25, 0.3) is 16.9 Å². The Balaban J connectivity index is 0.000000773. The van der Waals surface area contributed by atoms with Crippen LogP contribution in [-0.2, 0) is 15.8 Å². The number of aromatic nitrogens is 4. The van der Waals surface area contributed by atoms with Crippen LogP contribution in [0, 0.1) is 12.8 Å². The molecule has 2 N–H and O–H groups in total. The van der Waals surface area contributed by atoms with E-state index in [-0.39, 0.29) is 17.5 Å². The lowest BCUT2D eigenvalue weighted by Crippen LogP contribution is -2.24. The topological polar surface area (TPSA) is 132 Å². The molecule has 2 aromatic heterocycles. The fourth-order valence-corrected chi connectivity index (χ4v) is 4.33. The number of carbonyl (C=O) groups is 2. The van der Waals surface area contributed by atoms with Gasteiger partial charge in [0.15, 0.2) is 11.5 Å². The minimum absolute atomic E-state index is 0.0334. The Hall–Kier alpha value is -4.65. The van der Waals surface area contributed by atoms with Crippen LogP contribution in [0.2, 0.25) is 0 Å². The summed E-state index contributed by atoms with van der Waals surface area (Å²) in [5.41, 5.74) is 2.32. The molecule has 0 bridgehead atoms. The summed E-state index contributed by atoms with van der Waals surface area (Å²) in [6, 6.07) is 8.73. The molecule has 1 aliphatic rings. The van der Waals surface area contributed by atoms with Crippen molar-refractivity contribution in [1.82, 2.24) is 19.7 Å². The Labute approximate surface area is 262 Å². The third-order valence-electron chi connectivity index (χ3n) is 6.61. The van der Waals surface area contributed by atoms with E-state index in [0.717, 1.165) is 47.4 Å². The van der Waals surface area contributed by atoms with E-state index in [1.165, 1.54) is 44.5 Å². The SMILES string of the molecule is C=C/C=C(\N=C)n1cc(C)c(C(F)(F)F)n1.C=O.C=O.CCC1CCC(Oc2ncc(-c3ccc(NC)cc3)cn2)CC1.CO. The van der Waals surface area contributed by atoms with Crippen molar-refractivity contribution in [2.45, 2.75) is 58.2 Å². The number of carbonyl (C=O) groups excluding carboxylic acids is 2. The predicted molar refractivity (Wildman–Crippen MR) is 172 cm³/mol. The Kier molecular flexibility index (Phi) is 19.7. The zero-order chi connectivity index (χ0) is 34.4. The van der Waals surface area contributed by atoms with E-state index in [0.29, 0.717) is 6.01 Å².